The Kier molecular flexibility index (Phi) is 2.47. The topological polar surface area (TPSA) is 60.7 Å². The molecule has 0 atom stereocenters. The van der Waals surface area contributed by atoms with E-state index in [1.165, 1.54) is 23.1 Å². The number of halogens is 1. The van der Waals surface area contributed by atoms with Gasteiger partial charge in [0, 0.05) is 18.8 Å². The highest BCUT2D eigenvalue weighted by molar-refractivity contribution is 6.29. The van der Waals surface area contributed by atoms with Gasteiger partial charge in [-0.2, -0.15) is 0 Å². The van der Waals surface area contributed by atoms with Gasteiger partial charge in [-0.1, -0.05) is 16.8 Å². The molecule has 0 aliphatic heterocycles. The van der Waals surface area contributed by atoms with Crippen molar-refractivity contribution in [2.45, 2.75) is 0 Å². The van der Waals surface area contributed by atoms with Crippen LogP contribution in [0, 0.1) is 0 Å². The molecular weight excluding hydrogens is 216 g/mol. The minimum absolute atomic E-state index is 0.174. The van der Waals surface area contributed by atoms with Crippen molar-refractivity contribution < 1.29 is 4.79 Å². The number of nitrogens with zero attached hydrogens (tertiary/aromatic N) is 4. The number of hydrogen-bond acceptors (Lipinski definition) is 4. The predicted octanol–water partition coefficient (Wildman–Crippen LogP) is 1.09. The Hall–Kier alpha value is -1.75. The van der Waals surface area contributed by atoms with Crippen LogP contribution in [0.3, 0.4) is 0 Å². The summed E-state index contributed by atoms with van der Waals surface area (Å²) in [5, 5.41) is 7.61. The fourth-order valence-corrected chi connectivity index (χ4v) is 1.36. The lowest BCUT2D eigenvalue weighted by atomic mass is 10.1. The SMILES string of the molecule is Cn1nncc1C(=O)c1ccnc(Cl)c1. The Balaban J connectivity index is 2.41. The lowest BCUT2D eigenvalue weighted by Crippen LogP contribution is -2.08. The molecule has 6 heteroatoms. The third kappa shape index (κ3) is 1.87. The maximum Gasteiger partial charge on any atom is 0.212 e. The third-order valence-corrected chi connectivity index (χ3v) is 2.14. The second kappa shape index (κ2) is 3.78. The zero-order valence-electron chi connectivity index (χ0n) is 7.88. The monoisotopic (exact) mass is 222 g/mol. The van der Waals surface area contributed by atoms with Gasteiger partial charge in [-0.15, -0.1) is 5.10 Å². The third-order valence-electron chi connectivity index (χ3n) is 1.94. The highest BCUT2D eigenvalue weighted by Gasteiger charge is 2.13. The molecule has 0 aromatic carbocycles. The van der Waals surface area contributed by atoms with Gasteiger partial charge in [0.05, 0.1) is 6.20 Å². The molecule has 76 valence electrons. The van der Waals surface area contributed by atoms with Gasteiger partial charge in [0.15, 0.2) is 0 Å². The second-order valence-corrected chi connectivity index (χ2v) is 3.33. The largest absolute Gasteiger partial charge is 0.287 e. The van der Waals surface area contributed by atoms with Crippen LogP contribution in [-0.2, 0) is 7.05 Å². The smallest absolute Gasteiger partial charge is 0.212 e. The van der Waals surface area contributed by atoms with Crippen LogP contribution in [0.1, 0.15) is 16.1 Å². The molecule has 2 aromatic heterocycles. The van der Waals surface area contributed by atoms with Crippen LogP contribution in [0.15, 0.2) is 24.5 Å². The molecule has 0 saturated heterocycles. The molecule has 0 aliphatic rings. The Morgan fingerprint density at radius 3 is 2.93 bits per heavy atom. The number of aromatic nitrogens is 4. The summed E-state index contributed by atoms with van der Waals surface area (Å²) in [7, 11) is 1.66. The van der Waals surface area contributed by atoms with Crippen LogP contribution in [0.5, 0.6) is 0 Å². The molecule has 0 saturated carbocycles. The van der Waals surface area contributed by atoms with Crippen LogP contribution in [0.25, 0.3) is 0 Å². The lowest BCUT2D eigenvalue weighted by Gasteiger charge is -1.99. The summed E-state index contributed by atoms with van der Waals surface area (Å²) in [6, 6.07) is 3.11. The van der Waals surface area contributed by atoms with Gasteiger partial charge in [0.1, 0.15) is 10.8 Å². The fraction of sp³-hybridized carbons (Fsp3) is 0.111. The Morgan fingerprint density at radius 1 is 1.53 bits per heavy atom. The lowest BCUT2D eigenvalue weighted by molar-refractivity contribution is 0.103. The second-order valence-electron chi connectivity index (χ2n) is 2.94. The predicted molar refractivity (Wildman–Crippen MR) is 53.7 cm³/mol. The molecule has 5 nitrogen and oxygen atoms in total. The summed E-state index contributed by atoms with van der Waals surface area (Å²) in [5.74, 6) is -0.174. The standard InChI is InChI=1S/C9H7ClN4O/c1-14-7(5-12-13-14)9(15)6-2-3-11-8(10)4-6/h2-5H,1H3. The van der Waals surface area contributed by atoms with E-state index < -0.39 is 0 Å². The van der Waals surface area contributed by atoms with Gasteiger partial charge >= 0.3 is 0 Å². The van der Waals surface area contributed by atoms with Crippen molar-refractivity contribution in [2.24, 2.45) is 7.05 Å². The molecule has 0 amide bonds. The highest BCUT2D eigenvalue weighted by atomic mass is 35.5. The quantitative estimate of drug-likeness (QED) is 0.564. The summed E-state index contributed by atoms with van der Waals surface area (Å²) in [6.45, 7) is 0. The zero-order valence-corrected chi connectivity index (χ0v) is 8.64. The van der Waals surface area contributed by atoms with Gasteiger partial charge in [-0.05, 0) is 12.1 Å². The van der Waals surface area contributed by atoms with Crippen LogP contribution >= 0.6 is 11.6 Å². The number of carbonyl (C=O) groups excluding carboxylic acids is 1. The maximum absolute atomic E-state index is 11.9. The van der Waals surface area contributed by atoms with Gasteiger partial charge in [-0.3, -0.25) is 4.79 Å². The summed E-state index contributed by atoms with van der Waals surface area (Å²) in [5.41, 5.74) is 0.887. The average Bonchev–Trinajstić information content (AvgIpc) is 2.63. The van der Waals surface area contributed by atoms with Crippen LogP contribution in [-0.4, -0.2) is 25.8 Å². The summed E-state index contributed by atoms with van der Waals surface area (Å²) >= 11 is 5.69. The van der Waals surface area contributed by atoms with Gasteiger partial charge in [-0.25, -0.2) is 9.67 Å². The van der Waals surface area contributed by atoms with Crippen molar-refractivity contribution in [1.82, 2.24) is 20.0 Å². The van der Waals surface area contributed by atoms with E-state index in [2.05, 4.69) is 15.3 Å². The number of ketones is 1. The first-order valence-electron chi connectivity index (χ1n) is 4.19. The van der Waals surface area contributed by atoms with E-state index in [-0.39, 0.29) is 10.9 Å². The fourth-order valence-electron chi connectivity index (χ4n) is 1.19. The van der Waals surface area contributed by atoms with Crippen molar-refractivity contribution in [2.75, 3.05) is 0 Å². The van der Waals surface area contributed by atoms with E-state index in [4.69, 9.17) is 11.6 Å². The molecule has 0 fully saturated rings. The van der Waals surface area contributed by atoms with E-state index in [9.17, 15) is 4.79 Å². The number of carbonyl (C=O) groups is 1. The van der Waals surface area contributed by atoms with E-state index >= 15 is 0 Å². The van der Waals surface area contributed by atoms with E-state index in [0.29, 0.717) is 11.3 Å². The molecule has 0 bridgehead atoms. The van der Waals surface area contributed by atoms with Crippen molar-refractivity contribution in [3.8, 4) is 0 Å². The normalized spacial score (nSPS) is 10.3. The number of hydrogen-bond donors (Lipinski definition) is 0. The molecule has 0 spiro atoms. The van der Waals surface area contributed by atoms with E-state index in [1.807, 2.05) is 0 Å². The van der Waals surface area contributed by atoms with Gasteiger partial charge in [0.25, 0.3) is 0 Å². The summed E-state index contributed by atoms with van der Waals surface area (Å²) in [4.78, 5) is 15.7. The average molecular weight is 223 g/mol. The van der Waals surface area contributed by atoms with E-state index in [0.717, 1.165) is 0 Å². The molecule has 15 heavy (non-hydrogen) atoms. The Labute approximate surface area is 90.7 Å². The maximum atomic E-state index is 11.9. The van der Waals surface area contributed by atoms with Crippen LogP contribution in [0.2, 0.25) is 5.15 Å². The number of rotatable bonds is 2. The van der Waals surface area contributed by atoms with Crippen molar-refractivity contribution >= 4 is 17.4 Å². The minimum atomic E-state index is -0.174. The van der Waals surface area contributed by atoms with Crippen LogP contribution < -0.4 is 0 Å². The Morgan fingerprint density at radius 2 is 2.33 bits per heavy atom. The first-order chi connectivity index (χ1) is 7.18. The molecule has 2 aromatic rings. The minimum Gasteiger partial charge on any atom is -0.287 e. The van der Waals surface area contributed by atoms with Gasteiger partial charge in [0.2, 0.25) is 5.78 Å². The van der Waals surface area contributed by atoms with Gasteiger partial charge < -0.3 is 0 Å². The van der Waals surface area contributed by atoms with Crippen molar-refractivity contribution in [1.29, 1.82) is 0 Å². The zero-order chi connectivity index (χ0) is 10.8. The summed E-state index contributed by atoms with van der Waals surface area (Å²) in [6.07, 6.45) is 2.90. The number of pyridine rings is 1. The van der Waals surface area contributed by atoms with Crippen molar-refractivity contribution in [3.63, 3.8) is 0 Å². The summed E-state index contributed by atoms with van der Waals surface area (Å²) < 4.78 is 1.41. The molecule has 0 N–H and O–H groups in total. The molecule has 0 aliphatic carbocycles. The van der Waals surface area contributed by atoms with Crippen molar-refractivity contribution in [3.05, 3.63) is 40.9 Å². The van der Waals surface area contributed by atoms with Crippen LogP contribution in [0.4, 0.5) is 0 Å². The molecule has 0 unspecified atom stereocenters. The first kappa shape index (κ1) is 9.79. The van der Waals surface area contributed by atoms with E-state index in [1.54, 1.807) is 13.1 Å². The molecular formula is C9H7ClN4O. The molecule has 0 radical (unpaired) electrons. The highest BCUT2D eigenvalue weighted by Crippen LogP contribution is 2.11. The molecule has 2 heterocycles. The first-order valence-corrected chi connectivity index (χ1v) is 4.57. The number of aryl methyl sites for hydroxylation is 1. The Bertz CT molecular complexity index is 508. The molecule has 2 rings (SSSR count).